The molecule has 0 aliphatic heterocycles. The second-order valence-corrected chi connectivity index (χ2v) is 5.85. The van der Waals surface area contributed by atoms with Gasteiger partial charge < -0.3 is 19.5 Å². The molecule has 1 aromatic rings. The van der Waals surface area contributed by atoms with Gasteiger partial charge in [-0.05, 0) is 39.0 Å². The molecule has 6 nitrogen and oxygen atoms in total. The molecule has 23 heavy (non-hydrogen) atoms. The number of carbonyl (C=O) groups is 2. The van der Waals surface area contributed by atoms with E-state index in [1.165, 1.54) is 13.2 Å². The van der Waals surface area contributed by atoms with Gasteiger partial charge in [-0.3, -0.25) is 4.79 Å². The van der Waals surface area contributed by atoms with Crippen LogP contribution in [0.2, 0.25) is 0 Å². The van der Waals surface area contributed by atoms with E-state index < -0.39 is 5.97 Å². The summed E-state index contributed by atoms with van der Waals surface area (Å²) in [6.07, 6.45) is 2.80. The van der Waals surface area contributed by atoms with E-state index in [1.807, 2.05) is 20.8 Å². The predicted molar refractivity (Wildman–Crippen MR) is 87.4 cm³/mol. The Bertz CT molecular complexity index is 587. The lowest BCUT2D eigenvalue weighted by atomic mass is 10.1. The minimum Gasteiger partial charge on any atom is -0.497 e. The molecule has 1 amide bonds. The third kappa shape index (κ3) is 6.86. The van der Waals surface area contributed by atoms with Crippen LogP contribution >= 0.6 is 0 Å². The molecule has 0 fully saturated rings. The van der Waals surface area contributed by atoms with E-state index in [2.05, 4.69) is 5.32 Å². The van der Waals surface area contributed by atoms with Crippen LogP contribution in [0, 0.1) is 0 Å². The first kappa shape index (κ1) is 18.5. The van der Waals surface area contributed by atoms with Crippen LogP contribution in [0.3, 0.4) is 0 Å². The van der Waals surface area contributed by atoms with Gasteiger partial charge in [0.25, 0.3) is 5.91 Å². The lowest BCUT2D eigenvalue weighted by Gasteiger charge is -2.20. The highest BCUT2D eigenvalue weighted by atomic mass is 16.5. The molecule has 0 heterocycles. The summed E-state index contributed by atoms with van der Waals surface area (Å²) in [6, 6.07) is 5.22. The number of esters is 1. The van der Waals surface area contributed by atoms with Crippen molar-refractivity contribution in [2.24, 2.45) is 0 Å². The van der Waals surface area contributed by atoms with Crippen molar-refractivity contribution in [3.05, 3.63) is 29.8 Å². The summed E-state index contributed by atoms with van der Waals surface area (Å²) in [7, 11) is 3.09. The van der Waals surface area contributed by atoms with E-state index in [-0.39, 0.29) is 18.1 Å². The van der Waals surface area contributed by atoms with Crippen molar-refractivity contribution in [1.29, 1.82) is 0 Å². The van der Waals surface area contributed by atoms with Crippen LogP contribution in [0.1, 0.15) is 26.3 Å². The van der Waals surface area contributed by atoms with Gasteiger partial charge in [0.2, 0.25) is 0 Å². The topological polar surface area (TPSA) is 73.9 Å². The number of methoxy groups -OCH3 is 2. The zero-order valence-corrected chi connectivity index (χ0v) is 14.1. The Morgan fingerprint density at radius 1 is 1.17 bits per heavy atom. The Morgan fingerprint density at radius 2 is 1.87 bits per heavy atom. The Balaban J connectivity index is 2.60. The molecule has 1 N–H and O–H groups in total. The minimum absolute atomic E-state index is 0.319. The fraction of sp³-hybridized carbons (Fsp3) is 0.412. The molecule has 0 unspecified atom stereocenters. The van der Waals surface area contributed by atoms with E-state index in [4.69, 9.17) is 14.2 Å². The average molecular weight is 321 g/mol. The lowest BCUT2D eigenvalue weighted by Crippen LogP contribution is -2.42. The SMILES string of the molecule is COc1ccc(/C=C/C(=O)OCC(=O)NC(C)(C)C)c(OC)c1. The maximum absolute atomic E-state index is 11.7. The fourth-order valence-corrected chi connectivity index (χ4v) is 1.75. The van der Waals surface area contributed by atoms with Crippen molar-refractivity contribution >= 4 is 18.0 Å². The van der Waals surface area contributed by atoms with E-state index in [0.29, 0.717) is 17.1 Å². The second-order valence-electron chi connectivity index (χ2n) is 5.85. The molecule has 0 atom stereocenters. The Labute approximate surface area is 136 Å². The highest BCUT2D eigenvalue weighted by molar-refractivity contribution is 5.89. The molecule has 126 valence electrons. The van der Waals surface area contributed by atoms with E-state index in [0.717, 1.165) is 0 Å². The summed E-state index contributed by atoms with van der Waals surface area (Å²) in [6.45, 7) is 5.23. The Hall–Kier alpha value is -2.50. The molecular formula is C17H23NO5. The van der Waals surface area contributed by atoms with Crippen LogP contribution < -0.4 is 14.8 Å². The maximum Gasteiger partial charge on any atom is 0.331 e. The van der Waals surface area contributed by atoms with Gasteiger partial charge in [0.1, 0.15) is 11.5 Å². The van der Waals surface area contributed by atoms with Crippen LogP contribution in [-0.4, -0.2) is 38.2 Å². The standard InChI is InChI=1S/C17H23NO5/c1-17(2,3)18-15(19)11-23-16(20)9-7-12-6-8-13(21-4)10-14(12)22-5/h6-10H,11H2,1-5H3,(H,18,19)/b9-7+. The highest BCUT2D eigenvalue weighted by Crippen LogP contribution is 2.25. The van der Waals surface area contributed by atoms with E-state index >= 15 is 0 Å². The molecule has 1 aromatic carbocycles. The summed E-state index contributed by atoms with van der Waals surface area (Å²) in [5, 5.41) is 2.71. The van der Waals surface area contributed by atoms with Crippen LogP contribution in [-0.2, 0) is 14.3 Å². The van der Waals surface area contributed by atoms with Crippen LogP contribution in [0.4, 0.5) is 0 Å². The average Bonchev–Trinajstić information content (AvgIpc) is 2.49. The van der Waals surface area contributed by atoms with Gasteiger partial charge in [0.15, 0.2) is 6.61 Å². The number of hydrogen-bond donors (Lipinski definition) is 1. The maximum atomic E-state index is 11.7. The summed E-state index contributed by atoms with van der Waals surface area (Å²) in [4.78, 5) is 23.2. The summed E-state index contributed by atoms with van der Waals surface area (Å²) in [5.74, 6) is 0.271. The molecule has 6 heteroatoms. The normalized spacial score (nSPS) is 11.2. The predicted octanol–water partition coefficient (Wildman–Crippen LogP) is 2.17. The molecule has 0 radical (unpaired) electrons. The summed E-state index contributed by atoms with van der Waals surface area (Å²) >= 11 is 0. The van der Waals surface area contributed by atoms with Crippen molar-refractivity contribution in [2.75, 3.05) is 20.8 Å². The van der Waals surface area contributed by atoms with Gasteiger partial charge in [-0.25, -0.2) is 4.79 Å². The Morgan fingerprint density at radius 3 is 2.43 bits per heavy atom. The van der Waals surface area contributed by atoms with Crippen molar-refractivity contribution < 1.29 is 23.8 Å². The largest absolute Gasteiger partial charge is 0.497 e. The zero-order chi connectivity index (χ0) is 17.5. The molecular weight excluding hydrogens is 298 g/mol. The molecule has 0 aromatic heterocycles. The molecule has 1 rings (SSSR count). The monoisotopic (exact) mass is 321 g/mol. The second kappa shape index (κ2) is 8.22. The van der Waals surface area contributed by atoms with Gasteiger partial charge in [0.05, 0.1) is 14.2 Å². The number of carbonyl (C=O) groups excluding carboxylic acids is 2. The van der Waals surface area contributed by atoms with Crippen molar-refractivity contribution in [3.63, 3.8) is 0 Å². The molecule has 0 saturated heterocycles. The number of ether oxygens (including phenoxy) is 3. The number of amides is 1. The molecule has 0 bridgehead atoms. The number of hydrogen-bond acceptors (Lipinski definition) is 5. The third-order valence-electron chi connectivity index (χ3n) is 2.70. The summed E-state index contributed by atoms with van der Waals surface area (Å²) in [5.41, 5.74) is 0.333. The van der Waals surface area contributed by atoms with Crippen molar-refractivity contribution in [2.45, 2.75) is 26.3 Å². The van der Waals surface area contributed by atoms with Crippen LogP contribution in [0.25, 0.3) is 6.08 Å². The number of nitrogens with one attached hydrogen (secondary N) is 1. The third-order valence-corrected chi connectivity index (χ3v) is 2.70. The minimum atomic E-state index is -0.605. The lowest BCUT2D eigenvalue weighted by molar-refractivity contribution is -0.144. The van der Waals surface area contributed by atoms with Gasteiger partial charge >= 0.3 is 5.97 Å². The highest BCUT2D eigenvalue weighted by Gasteiger charge is 2.14. The van der Waals surface area contributed by atoms with Gasteiger partial charge in [-0.2, -0.15) is 0 Å². The molecule has 0 spiro atoms. The van der Waals surface area contributed by atoms with Gasteiger partial charge in [0, 0.05) is 23.2 Å². The zero-order valence-electron chi connectivity index (χ0n) is 14.1. The van der Waals surface area contributed by atoms with Crippen molar-refractivity contribution in [3.8, 4) is 11.5 Å². The van der Waals surface area contributed by atoms with E-state index in [9.17, 15) is 9.59 Å². The smallest absolute Gasteiger partial charge is 0.331 e. The van der Waals surface area contributed by atoms with Gasteiger partial charge in [-0.15, -0.1) is 0 Å². The Kier molecular flexibility index (Phi) is 6.63. The summed E-state index contributed by atoms with van der Waals surface area (Å²) < 4.78 is 15.2. The fourth-order valence-electron chi connectivity index (χ4n) is 1.75. The molecule has 0 aliphatic carbocycles. The van der Waals surface area contributed by atoms with E-state index in [1.54, 1.807) is 31.4 Å². The van der Waals surface area contributed by atoms with Gasteiger partial charge in [-0.1, -0.05) is 0 Å². The molecule has 0 saturated carbocycles. The number of rotatable bonds is 6. The first-order chi connectivity index (χ1) is 10.7. The van der Waals surface area contributed by atoms with Crippen LogP contribution in [0.15, 0.2) is 24.3 Å². The molecule has 0 aliphatic rings. The first-order valence-corrected chi connectivity index (χ1v) is 7.13. The van der Waals surface area contributed by atoms with Crippen molar-refractivity contribution in [1.82, 2.24) is 5.32 Å². The number of benzene rings is 1. The first-order valence-electron chi connectivity index (χ1n) is 7.13. The quantitative estimate of drug-likeness (QED) is 0.642. The van der Waals surface area contributed by atoms with Crippen LogP contribution in [0.5, 0.6) is 11.5 Å².